The minimum absolute atomic E-state index is 0.712. The van der Waals surface area contributed by atoms with Gasteiger partial charge in [-0.15, -0.1) is 0 Å². The summed E-state index contributed by atoms with van der Waals surface area (Å²) in [4.78, 5) is 5.08. The van der Waals surface area contributed by atoms with Crippen molar-refractivity contribution >= 4 is 0 Å². The van der Waals surface area contributed by atoms with Crippen molar-refractivity contribution in [3.05, 3.63) is 0 Å². The number of rotatable bonds is 5. The van der Waals surface area contributed by atoms with Crippen LogP contribution in [0.2, 0.25) is 0 Å². The van der Waals surface area contributed by atoms with E-state index in [1.165, 1.54) is 45.3 Å². The van der Waals surface area contributed by atoms with Crippen molar-refractivity contribution in [1.29, 1.82) is 0 Å². The van der Waals surface area contributed by atoms with Crippen molar-refractivity contribution in [3.63, 3.8) is 0 Å². The largest absolute Gasteiger partial charge is 0.314 e. The van der Waals surface area contributed by atoms with Gasteiger partial charge < -0.3 is 15.1 Å². The van der Waals surface area contributed by atoms with E-state index in [1.807, 2.05) is 0 Å². The summed E-state index contributed by atoms with van der Waals surface area (Å²) in [5.74, 6) is 2.71. The van der Waals surface area contributed by atoms with E-state index in [2.05, 4.69) is 50.0 Å². The SMILES string of the molecule is CCNC(CC1CN(C)CCN1C)C1CCC(C)C(C)C1. The molecule has 1 saturated carbocycles. The predicted octanol–water partition coefficient (Wildman–Crippen LogP) is 2.67. The van der Waals surface area contributed by atoms with E-state index in [-0.39, 0.29) is 0 Å². The Hall–Kier alpha value is -0.120. The molecule has 124 valence electrons. The highest BCUT2D eigenvalue weighted by molar-refractivity contribution is 4.89. The quantitative estimate of drug-likeness (QED) is 0.841. The molecule has 1 heterocycles. The number of hydrogen-bond acceptors (Lipinski definition) is 3. The molecule has 0 bridgehead atoms. The molecule has 1 aliphatic carbocycles. The van der Waals surface area contributed by atoms with Crippen LogP contribution < -0.4 is 5.32 Å². The van der Waals surface area contributed by atoms with Crippen molar-refractivity contribution < 1.29 is 0 Å². The van der Waals surface area contributed by atoms with Crippen LogP contribution in [-0.2, 0) is 0 Å². The van der Waals surface area contributed by atoms with Crippen LogP contribution in [-0.4, -0.2) is 62.2 Å². The molecule has 0 amide bonds. The Morgan fingerprint density at radius 3 is 2.52 bits per heavy atom. The second-order valence-corrected chi connectivity index (χ2v) is 7.82. The van der Waals surface area contributed by atoms with Crippen LogP contribution in [0.4, 0.5) is 0 Å². The fraction of sp³-hybridized carbons (Fsp3) is 1.00. The third-order valence-corrected chi connectivity index (χ3v) is 6.18. The highest BCUT2D eigenvalue weighted by Crippen LogP contribution is 2.36. The van der Waals surface area contributed by atoms with Crippen molar-refractivity contribution in [2.24, 2.45) is 17.8 Å². The minimum atomic E-state index is 0.712. The van der Waals surface area contributed by atoms with Gasteiger partial charge in [-0.05, 0) is 57.7 Å². The van der Waals surface area contributed by atoms with Gasteiger partial charge in [-0.1, -0.05) is 27.2 Å². The molecule has 3 nitrogen and oxygen atoms in total. The topological polar surface area (TPSA) is 18.5 Å². The number of piperazine rings is 1. The Balaban J connectivity index is 1.94. The number of nitrogens with one attached hydrogen (secondary N) is 1. The Morgan fingerprint density at radius 2 is 1.86 bits per heavy atom. The first-order valence-electron chi connectivity index (χ1n) is 9.13. The molecule has 2 fully saturated rings. The molecule has 0 aromatic rings. The first-order valence-corrected chi connectivity index (χ1v) is 9.13. The van der Waals surface area contributed by atoms with Gasteiger partial charge in [-0.3, -0.25) is 0 Å². The van der Waals surface area contributed by atoms with Gasteiger partial charge >= 0.3 is 0 Å². The number of nitrogens with zero attached hydrogens (tertiary/aromatic N) is 2. The molecule has 2 aliphatic rings. The van der Waals surface area contributed by atoms with Crippen LogP contribution in [0, 0.1) is 17.8 Å². The molecule has 0 spiro atoms. The van der Waals surface area contributed by atoms with E-state index in [0.717, 1.165) is 30.3 Å². The van der Waals surface area contributed by atoms with Crippen LogP contribution >= 0.6 is 0 Å². The molecular weight excluding hydrogens is 258 g/mol. The molecular formula is C18H37N3. The molecule has 1 saturated heterocycles. The maximum absolute atomic E-state index is 3.83. The van der Waals surface area contributed by atoms with Gasteiger partial charge in [-0.2, -0.15) is 0 Å². The molecule has 21 heavy (non-hydrogen) atoms. The van der Waals surface area contributed by atoms with Gasteiger partial charge in [0.25, 0.3) is 0 Å². The summed E-state index contributed by atoms with van der Waals surface area (Å²) in [5, 5.41) is 3.83. The summed E-state index contributed by atoms with van der Waals surface area (Å²) in [5.41, 5.74) is 0. The highest BCUT2D eigenvalue weighted by atomic mass is 15.3. The lowest BCUT2D eigenvalue weighted by Crippen LogP contribution is -2.53. The maximum Gasteiger partial charge on any atom is 0.0235 e. The summed E-state index contributed by atoms with van der Waals surface area (Å²) >= 11 is 0. The van der Waals surface area contributed by atoms with E-state index in [9.17, 15) is 0 Å². The zero-order valence-corrected chi connectivity index (χ0v) is 14.9. The molecule has 0 aromatic carbocycles. The predicted molar refractivity (Wildman–Crippen MR) is 91.7 cm³/mol. The summed E-state index contributed by atoms with van der Waals surface area (Å²) < 4.78 is 0. The second kappa shape index (κ2) is 7.94. The van der Waals surface area contributed by atoms with Gasteiger partial charge in [0.2, 0.25) is 0 Å². The van der Waals surface area contributed by atoms with E-state index in [1.54, 1.807) is 0 Å². The first kappa shape index (κ1) is 17.2. The summed E-state index contributed by atoms with van der Waals surface area (Å²) in [6.45, 7) is 11.9. The molecule has 0 aromatic heterocycles. The lowest BCUT2D eigenvalue weighted by molar-refractivity contribution is 0.0835. The van der Waals surface area contributed by atoms with E-state index in [0.29, 0.717) is 6.04 Å². The molecule has 1 N–H and O–H groups in total. The maximum atomic E-state index is 3.83. The summed E-state index contributed by atoms with van der Waals surface area (Å²) in [6, 6.07) is 1.44. The average Bonchev–Trinajstić information content (AvgIpc) is 2.45. The molecule has 5 atom stereocenters. The fourth-order valence-electron chi connectivity index (χ4n) is 4.31. The number of hydrogen-bond donors (Lipinski definition) is 1. The zero-order valence-electron chi connectivity index (χ0n) is 14.9. The van der Waals surface area contributed by atoms with Gasteiger partial charge in [-0.25, -0.2) is 0 Å². The first-order chi connectivity index (χ1) is 10.0. The molecule has 5 unspecified atom stereocenters. The smallest absolute Gasteiger partial charge is 0.0235 e. The van der Waals surface area contributed by atoms with Crippen molar-refractivity contribution in [2.75, 3.05) is 40.3 Å². The van der Waals surface area contributed by atoms with Crippen LogP contribution in [0.3, 0.4) is 0 Å². The van der Waals surface area contributed by atoms with Crippen molar-refractivity contribution in [2.45, 2.75) is 58.5 Å². The molecule has 3 heteroatoms. The van der Waals surface area contributed by atoms with Gasteiger partial charge in [0.15, 0.2) is 0 Å². The van der Waals surface area contributed by atoms with Crippen LogP contribution in [0.1, 0.15) is 46.5 Å². The zero-order chi connectivity index (χ0) is 15.4. The minimum Gasteiger partial charge on any atom is -0.314 e. The molecule has 2 rings (SSSR count). The molecule has 0 radical (unpaired) electrons. The lowest BCUT2D eigenvalue weighted by atomic mass is 9.72. The Labute approximate surface area is 132 Å². The van der Waals surface area contributed by atoms with Crippen LogP contribution in [0.25, 0.3) is 0 Å². The third-order valence-electron chi connectivity index (χ3n) is 6.18. The average molecular weight is 296 g/mol. The van der Waals surface area contributed by atoms with Crippen LogP contribution in [0.15, 0.2) is 0 Å². The van der Waals surface area contributed by atoms with Gasteiger partial charge in [0.05, 0.1) is 0 Å². The van der Waals surface area contributed by atoms with E-state index < -0.39 is 0 Å². The van der Waals surface area contributed by atoms with Crippen molar-refractivity contribution in [3.8, 4) is 0 Å². The Kier molecular flexibility index (Phi) is 6.51. The van der Waals surface area contributed by atoms with Gasteiger partial charge in [0, 0.05) is 31.7 Å². The van der Waals surface area contributed by atoms with Crippen LogP contribution in [0.5, 0.6) is 0 Å². The fourth-order valence-corrected chi connectivity index (χ4v) is 4.31. The van der Waals surface area contributed by atoms with Crippen molar-refractivity contribution in [1.82, 2.24) is 15.1 Å². The van der Waals surface area contributed by atoms with Gasteiger partial charge in [0.1, 0.15) is 0 Å². The Bertz CT molecular complexity index is 307. The standard InChI is InChI=1S/C18H37N3/c1-6-19-18(16-8-7-14(2)15(3)11-16)12-17-13-20(4)9-10-21(17)5/h14-19H,6-13H2,1-5H3. The monoisotopic (exact) mass is 295 g/mol. The lowest BCUT2D eigenvalue weighted by Gasteiger charge is -2.43. The molecule has 1 aliphatic heterocycles. The summed E-state index contributed by atoms with van der Waals surface area (Å²) in [6.07, 6.45) is 5.59. The Morgan fingerprint density at radius 1 is 1.10 bits per heavy atom. The van der Waals surface area contributed by atoms with E-state index in [4.69, 9.17) is 0 Å². The van der Waals surface area contributed by atoms with E-state index >= 15 is 0 Å². The third kappa shape index (κ3) is 4.67. The normalized spacial score (nSPS) is 37.6. The second-order valence-electron chi connectivity index (χ2n) is 7.82. The number of likely N-dealkylation sites (N-methyl/N-ethyl adjacent to an activating group) is 2. The highest BCUT2D eigenvalue weighted by Gasteiger charge is 2.33. The summed E-state index contributed by atoms with van der Waals surface area (Å²) in [7, 11) is 4.58.